The van der Waals surface area contributed by atoms with Crippen LogP contribution in [0.15, 0.2) is 78.9 Å². The summed E-state index contributed by atoms with van der Waals surface area (Å²) in [5, 5.41) is 6.34. The standard InChI is InChI=1S/C22H21ClN2O3/c23-20-8-4-5-9-21(20)25-22(26)16-24-17-10-12-19(13-11-17)28-15-14-27-18-6-2-1-3-7-18/h1-13,24H,14-16H2,(H,25,26). The van der Waals surface area contributed by atoms with Crippen molar-refractivity contribution in [2.45, 2.75) is 0 Å². The molecule has 2 N–H and O–H groups in total. The van der Waals surface area contributed by atoms with Gasteiger partial charge in [-0.1, -0.05) is 41.9 Å². The first-order valence-corrected chi connectivity index (χ1v) is 9.27. The smallest absolute Gasteiger partial charge is 0.243 e. The second-order valence-electron chi connectivity index (χ2n) is 5.92. The van der Waals surface area contributed by atoms with Gasteiger partial charge in [-0.25, -0.2) is 0 Å². The van der Waals surface area contributed by atoms with Crippen molar-refractivity contribution in [1.82, 2.24) is 0 Å². The molecule has 0 heterocycles. The van der Waals surface area contributed by atoms with Gasteiger partial charge in [-0.2, -0.15) is 0 Å². The molecular weight excluding hydrogens is 376 g/mol. The molecule has 1 amide bonds. The normalized spacial score (nSPS) is 10.2. The number of ether oxygens (including phenoxy) is 2. The van der Waals surface area contributed by atoms with E-state index in [9.17, 15) is 4.79 Å². The van der Waals surface area contributed by atoms with Crippen LogP contribution in [0.5, 0.6) is 11.5 Å². The third-order valence-corrected chi connectivity index (χ3v) is 4.15. The highest BCUT2D eigenvalue weighted by atomic mass is 35.5. The van der Waals surface area contributed by atoms with Crippen molar-refractivity contribution in [2.24, 2.45) is 0 Å². The van der Waals surface area contributed by atoms with E-state index >= 15 is 0 Å². The monoisotopic (exact) mass is 396 g/mol. The summed E-state index contributed by atoms with van der Waals surface area (Å²) in [6.45, 7) is 1.05. The van der Waals surface area contributed by atoms with Gasteiger partial charge in [-0.3, -0.25) is 4.79 Å². The highest BCUT2D eigenvalue weighted by molar-refractivity contribution is 6.33. The van der Waals surface area contributed by atoms with Crippen LogP contribution in [0.3, 0.4) is 0 Å². The topological polar surface area (TPSA) is 59.6 Å². The summed E-state index contributed by atoms with van der Waals surface area (Å²) in [7, 11) is 0. The third kappa shape index (κ3) is 6.21. The van der Waals surface area contributed by atoms with Gasteiger partial charge in [0.05, 0.1) is 17.3 Å². The molecule has 6 heteroatoms. The molecule has 0 aromatic heterocycles. The molecule has 0 aliphatic heterocycles. The number of benzene rings is 3. The minimum atomic E-state index is -0.175. The lowest BCUT2D eigenvalue weighted by atomic mass is 10.3. The molecule has 0 fully saturated rings. The van der Waals surface area contributed by atoms with E-state index < -0.39 is 0 Å². The molecule has 0 aliphatic carbocycles. The van der Waals surface area contributed by atoms with Gasteiger partial charge in [0.15, 0.2) is 0 Å². The number of hydrogen-bond acceptors (Lipinski definition) is 4. The van der Waals surface area contributed by atoms with Crippen LogP contribution in [0.25, 0.3) is 0 Å². The zero-order chi connectivity index (χ0) is 19.6. The van der Waals surface area contributed by atoms with Crippen LogP contribution in [0, 0.1) is 0 Å². The van der Waals surface area contributed by atoms with Gasteiger partial charge in [0, 0.05) is 5.69 Å². The van der Waals surface area contributed by atoms with Crippen molar-refractivity contribution in [1.29, 1.82) is 0 Å². The van der Waals surface area contributed by atoms with E-state index in [4.69, 9.17) is 21.1 Å². The molecule has 0 atom stereocenters. The first-order chi connectivity index (χ1) is 13.7. The quantitative estimate of drug-likeness (QED) is 0.508. The Morgan fingerprint density at radius 2 is 1.39 bits per heavy atom. The molecule has 144 valence electrons. The van der Waals surface area contributed by atoms with Crippen molar-refractivity contribution in [3.8, 4) is 11.5 Å². The second-order valence-corrected chi connectivity index (χ2v) is 6.32. The van der Waals surface area contributed by atoms with Crippen LogP contribution < -0.4 is 20.1 Å². The van der Waals surface area contributed by atoms with Crippen molar-refractivity contribution >= 4 is 28.9 Å². The SMILES string of the molecule is O=C(CNc1ccc(OCCOc2ccccc2)cc1)Nc1ccccc1Cl. The zero-order valence-electron chi connectivity index (χ0n) is 15.2. The number of amides is 1. The molecular formula is C22H21ClN2O3. The minimum absolute atomic E-state index is 0.135. The fourth-order valence-electron chi connectivity index (χ4n) is 2.44. The van der Waals surface area contributed by atoms with Crippen molar-refractivity contribution in [3.63, 3.8) is 0 Å². The molecule has 5 nitrogen and oxygen atoms in total. The molecule has 3 aromatic rings. The van der Waals surface area contributed by atoms with E-state index in [0.717, 1.165) is 17.2 Å². The summed E-state index contributed by atoms with van der Waals surface area (Å²) in [4.78, 5) is 12.0. The van der Waals surface area contributed by atoms with Gasteiger partial charge in [0.25, 0.3) is 0 Å². The number of para-hydroxylation sites is 2. The van der Waals surface area contributed by atoms with Crippen LogP contribution in [0.4, 0.5) is 11.4 Å². The van der Waals surface area contributed by atoms with Gasteiger partial charge >= 0.3 is 0 Å². The summed E-state index contributed by atoms with van der Waals surface area (Å²) in [6.07, 6.45) is 0. The van der Waals surface area contributed by atoms with Gasteiger partial charge < -0.3 is 20.1 Å². The molecule has 0 spiro atoms. The van der Waals surface area contributed by atoms with E-state index in [0.29, 0.717) is 23.9 Å². The number of hydrogen-bond donors (Lipinski definition) is 2. The Balaban J connectivity index is 1.38. The largest absolute Gasteiger partial charge is 0.490 e. The van der Waals surface area contributed by atoms with Crippen LogP contribution in [0.2, 0.25) is 5.02 Å². The van der Waals surface area contributed by atoms with E-state index in [2.05, 4.69) is 10.6 Å². The number of carbonyl (C=O) groups excluding carboxylic acids is 1. The van der Waals surface area contributed by atoms with Gasteiger partial charge in [-0.15, -0.1) is 0 Å². The van der Waals surface area contributed by atoms with Crippen LogP contribution >= 0.6 is 11.6 Å². The fraction of sp³-hybridized carbons (Fsp3) is 0.136. The average molecular weight is 397 g/mol. The summed E-state index contributed by atoms with van der Waals surface area (Å²) in [6, 6.07) is 24.1. The maximum absolute atomic E-state index is 12.0. The first kappa shape index (κ1) is 19.6. The fourth-order valence-corrected chi connectivity index (χ4v) is 2.63. The summed E-state index contributed by atoms with van der Waals surface area (Å²) in [5.41, 5.74) is 1.42. The van der Waals surface area contributed by atoms with Crippen molar-refractivity contribution in [2.75, 3.05) is 30.4 Å². The molecule has 0 saturated heterocycles. The Hall–Kier alpha value is -3.18. The minimum Gasteiger partial charge on any atom is -0.490 e. The lowest BCUT2D eigenvalue weighted by molar-refractivity contribution is -0.114. The van der Waals surface area contributed by atoms with Crippen LogP contribution in [-0.2, 0) is 4.79 Å². The van der Waals surface area contributed by atoms with E-state index in [1.54, 1.807) is 12.1 Å². The predicted molar refractivity (Wildman–Crippen MR) is 112 cm³/mol. The Morgan fingerprint density at radius 3 is 2.07 bits per heavy atom. The lowest BCUT2D eigenvalue weighted by Gasteiger charge is -2.10. The van der Waals surface area contributed by atoms with E-state index in [1.165, 1.54) is 0 Å². The zero-order valence-corrected chi connectivity index (χ0v) is 16.0. The Kier molecular flexibility index (Phi) is 7.15. The maximum Gasteiger partial charge on any atom is 0.243 e. The molecule has 0 bridgehead atoms. The molecule has 28 heavy (non-hydrogen) atoms. The summed E-state index contributed by atoms with van der Waals surface area (Å²) >= 11 is 6.03. The molecule has 3 aromatic carbocycles. The molecule has 0 unspecified atom stereocenters. The van der Waals surface area contributed by atoms with Crippen LogP contribution in [0.1, 0.15) is 0 Å². The average Bonchev–Trinajstić information content (AvgIpc) is 2.73. The Morgan fingerprint density at radius 1 is 0.786 bits per heavy atom. The summed E-state index contributed by atoms with van der Waals surface area (Å²) in [5.74, 6) is 1.38. The Bertz CT molecular complexity index is 886. The lowest BCUT2D eigenvalue weighted by Crippen LogP contribution is -2.21. The van der Waals surface area contributed by atoms with Gasteiger partial charge in [0.2, 0.25) is 5.91 Å². The second kappa shape index (κ2) is 10.2. The van der Waals surface area contributed by atoms with Gasteiger partial charge in [0.1, 0.15) is 24.7 Å². The molecule has 3 rings (SSSR count). The van der Waals surface area contributed by atoms with Crippen molar-refractivity contribution < 1.29 is 14.3 Å². The van der Waals surface area contributed by atoms with Crippen LogP contribution in [-0.4, -0.2) is 25.7 Å². The van der Waals surface area contributed by atoms with Crippen molar-refractivity contribution in [3.05, 3.63) is 83.9 Å². The number of carbonyl (C=O) groups is 1. The highest BCUT2D eigenvalue weighted by Crippen LogP contribution is 2.20. The number of nitrogens with one attached hydrogen (secondary N) is 2. The highest BCUT2D eigenvalue weighted by Gasteiger charge is 2.05. The number of rotatable bonds is 9. The molecule has 0 radical (unpaired) electrons. The maximum atomic E-state index is 12.0. The Labute approximate surface area is 169 Å². The number of anilines is 2. The van der Waals surface area contributed by atoms with E-state index in [-0.39, 0.29) is 12.5 Å². The summed E-state index contributed by atoms with van der Waals surface area (Å²) < 4.78 is 11.2. The van der Waals surface area contributed by atoms with E-state index in [1.807, 2.05) is 66.7 Å². The first-order valence-electron chi connectivity index (χ1n) is 8.90. The predicted octanol–water partition coefficient (Wildman–Crippen LogP) is 4.85. The molecule has 0 aliphatic rings. The van der Waals surface area contributed by atoms with Gasteiger partial charge in [-0.05, 0) is 48.5 Å². The molecule has 0 saturated carbocycles. The third-order valence-electron chi connectivity index (χ3n) is 3.82. The number of halogens is 1.